The SMILES string of the molecule is CCCCS(=O)(=O)Nc1ccc([N+](=O)[O-])cc1C(=O)O. The van der Waals surface area contributed by atoms with Gasteiger partial charge < -0.3 is 5.11 Å². The molecule has 9 heteroatoms. The molecule has 0 atom stereocenters. The number of carboxylic acids is 1. The average molecular weight is 302 g/mol. The van der Waals surface area contributed by atoms with Crippen molar-refractivity contribution in [1.82, 2.24) is 0 Å². The molecular formula is C11H14N2O6S. The maximum Gasteiger partial charge on any atom is 0.338 e. The van der Waals surface area contributed by atoms with Crippen molar-refractivity contribution in [3.63, 3.8) is 0 Å². The van der Waals surface area contributed by atoms with E-state index in [-0.39, 0.29) is 11.4 Å². The zero-order valence-corrected chi connectivity index (χ0v) is 11.5. The van der Waals surface area contributed by atoms with Crippen LogP contribution >= 0.6 is 0 Å². The number of aromatic carboxylic acids is 1. The third kappa shape index (κ3) is 4.19. The third-order valence-electron chi connectivity index (χ3n) is 2.48. The first-order valence-electron chi connectivity index (χ1n) is 5.79. The van der Waals surface area contributed by atoms with E-state index in [0.717, 1.165) is 18.2 Å². The average Bonchev–Trinajstić information content (AvgIpc) is 2.36. The number of nitrogens with zero attached hydrogens (tertiary/aromatic N) is 1. The van der Waals surface area contributed by atoms with E-state index in [1.54, 1.807) is 0 Å². The lowest BCUT2D eigenvalue weighted by Crippen LogP contribution is -2.18. The Morgan fingerprint density at radius 1 is 1.45 bits per heavy atom. The zero-order valence-electron chi connectivity index (χ0n) is 10.7. The van der Waals surface area contributed by atoms with Crippen LogP contribution in [0.4, 0.5) is 11.4 Å². The quantitative estimate of drug-likeness (QED) is 0.584. The number of nitro benzene ring substituents is 1. The maximum absolute atomic E-state index is 11.7. The van der Waals surface area contributed by atoms with Gasteiger partial charge in [-0.1, -0.05) is 13.3 Å². The van der Waals surface area contributed by atoms with Gasteiger partial charge >= 0.3 is 5.97 Å². The van der Waals surface area contributed by atoms with Gasteiger partial charge in [-0.3, -0.25) is 14.8 Å². The molecular weight excluding hydrogens is 288 g/mol. The van der Waals surface area contributed by atoms with E-state index in [2.05, 4.69) is 4.72 Å². The molecule has 110 valence electrons. The van der Waals surface area contributed by atoms with E-state index in [1.165, 1.54) is 0 Å². The van der Waals surface area contributed by atoms with Crippen LogP contribution in [0.3, 0.4) is 0 Å². The number of carboxylic acid groups (broad SMARTS) is 1. The van der Waals surface area contributed by atoms with E-state index in [1.807, 2.05) is 6.92 Å². The van der Waals surface area contributed by atoms with Crippen LogP contribution in [0.25, 0.3) is 0 Å². The summed E-state index contributed by atoms with van der Waals surface area (Å²) < 4.78 is 25.6. The number of carbonyl (C=O) groups is 1. The Labute approximate surface area is 115 Å². The van der Waals surface area contributed by atoms with Crippen molar-refractivity contribution in [1.29, 1.82) is 0 Å². The normalized spacial score (nSPS) is 11.1. The molecule has 0 unspecified atom stereocenters. The number of nitrogens with one attached hydrogen (secondary N) is 1. The van der Waals surface area contributed by atoms with Gasteiger partial charge in [0.15, 0.2) is 0 Å². The third-order valence-corrected chi connectivity index (χ3v) is 3.83. The number of anilines is 1. The number of nitro groups is 1. The maximum atomic E-state index is 11.7. The molecule has 0 aliphatic heterocycles. The Balaban J connectivity index is 3.12. The van der Waals surface area contributed by atoms with Gasteiger partial charge in [0.25, 0.3) is 5.69 Å². The lowest BCUT2D eigenvalue weighted by molar-refractivity contribution is -0.384. The van der Waals surface area contributed by atoms with Crippen LogP contribution in [-0.4, -0.2) is 30.2 Å². The van der Waals surface area contributed by atoms with E-state index >= 15 is 0 Å². The minimum atomic E-state index is -3.67. The smallest absolute Gasteiger partial charge is 0.338 e. The van der Waals surface area contributed by atoms with E-state index in [4.69, 9.17) is 5.11 Å². The number of sulfonamides is 1. The molecule has 0 fully saturated rings. The van der Waals surface area contributed by atoms with Crippen LogP contribution in [0.5, 0.6) is 0 Å². The fourth-order valence-electron chi connectivity index (χ4n) is 1.46. The molecule has 0 saturated heterocycles. The van der Waals surface area contributed by atoms with Gasteiger partial charge in [0, 0.05) is 12.1 Å². The van der Waals surface area contributed by atoms with Crippen molar-refractivity contribution in [3.8, 4) is 0 Å². The minimum absolute atomic E-state index is 0.139. The molecule has 0 radical (unpaired) electrons. The van der Waals surface area contributed by atoms with E-state index in [0.29, 0.717) is 12.8 Å². The number of non-ortho nitro benzene ring substituents is 1. The first-order chi connectivity index (χ1) is 9.26. The Kier molecular flexibility index (Phi) is 5.03. The Morgan fingerprint density at radius 2 is 2.10 bits per heavy atom. The minimum Gasteiger partial charge on any atom is -0.478 e. The number of hydrogen-bond donors (Lipinski definition) is 2. The summed E-state index contributed by atoms with van der Waals surface area (Å²) in [6.07, 6.45) is 1.11. The summed E-state index contributed by atoms with van der Waals surface area (Å²) in [5.74, 6) is -1.58. The molecule has 1 aromatic carbocycles. The van der Waals surface area contributed by atoms with Crippen molar-refractivity contribution in [2.24, 2.45) is 0 Å². The monoisotopic (exact) mass is 302 g/mol. The summed E-state index contributed by atoms with van der Waals surface area (Å²) in [4.78, 5) is 20.9. The standard InChI is InChI=1S/C11H14N2O6S/c1-2-3-6-20(18,19)12-10-5-4-8(13(16)17)7-9(10)11(14)15/h4-5,7,12H,2-3,6H2,1H3,(H,14,15). The largest absolute Gasteiger partial charge is 0.478 e. The zero-order chi connectivity index (χ0) is 15.3. The highest BCUT2D eigenvalue weighted by molar-refractivity contribution is 7.92. The van der Waals surface area contributed by atoms with Gasteiger partial charge in [-0.05, 0) is 12.5 Å². The van der Waals surface area contributed by atoms with E-state index < -0.39 is 32.2 Å². The Bertz CT molecular complexity index is 626. The molecule has 0 aromatic heterocycles. The van der Waals surface area contributed by atoms with Crippen molar-refractivity contribution < 1.29 is 23.2 Å². The van der Waals surface area contributed by atoms with Crippen molar-refractivity contribution >= 4 is 27.4 Å². The lowest BCUT2D eigenvalue weighted by Gasteiger charge is -2.10. The highest BCUT2D eigenvalue weighted by atomic mass is 32.2. The highest BCUT2D eigenvalue weighted by Gasteiger charge is 2.19. The summed E-state index contributed by atoms with van der Waals surface area (Å²) in [5, 5.41) is 19.6. The van der Waals surface area contributed by atoms with Crippen molar-refractivity contribution in [3.05, 3.63) is 33.9 Å². The molecule has 0 saturated carbocycles. The van der Waals surface area contributed by atoms with Crippen LogP contribution in [-0.2, 0) is 10.0 Å². The first-order valence-corrected chi connectivity index (χ1v) is 7.44. The summed E-state index contributed by atoms with van der Waals surface area (Å²) in [6.45, 7) is 1.82. The number of benzene rings is 1. The van der Waals surface area contributed by atoms with Gasteiger partial charge in [-0.15, -0.1) is 0 Å². The number of hydrogen-bond acceptors (Lipinski definition) is 5. The van der Waals surface area contributed by atoms with E-state index in [9.17, 15) is 23.3 Å². The molecule has 0 amide bonds. The fourth-order valence-corrected chi connectivity index (χ4v) is 2.75. The molecule has 2 N–H and O–H groups in total. The van der Waals surface area contributed by atoms with Crippen molar-refractivity contribution in [2.75, 3.05) is 10.5 Å². The molecule has 0 bridgehead atoms. The van der Waals surface area contributed by atoms with Gasteiger partial charge in [0.2, 0.25) is 10.0 Å². The fraction of sp³-hybridized carbons (Fsp3) is 0.364. The summed E-state index contributed by atoms with van der Waals surface area (Å²) in [5.41, 5.74) is -1.06. The van der Waals surface area contributed by atoms with Crippen LogP contribution in [0.15, 0.2) is 18.2 Å². The molecule has 8 nitrogen and oxygen atoms in total. The molecule has 1 aromatic rings. The first kappa shape index (κ1) is 15.9. The molecule has 0 aliphatic carbocycles. The second kappa shape index (κ2) is 6.33. The van der Waals surface area contributed by atoms with Gasteiger partial charge in [0.05, 0.1) is 21.9 Å². The van der Waals surface area contributed by atoms with Gasteiger partial charge in [0.1, 0.15) is 0 Å². The van der Waals surface area contributed by atoms with Crippen LogP contribution in [0, 0.1) is 10.1 Å². The van der Waals surface area contributed by atoms with Crippen LogP contribution < -0.4 is 4.72 Å². The summed E-state index contributed by atoms with van der Waals surface area (Å²) in [7, 11) is -3.67. The molecule has 0 aliphatic rings. The second-order valence-electron chi connectivity index (χ2n) is 4.07. The topological polar surface area (TPSA) is 127 Å². The second-order valence-corrected chi connectivity index (χ2v) is 5.91. The molecule has 20 heavy (non-hydrogen) atoms. The number of unbranched alkanes of at least 4 members (excludes halogenated alkanes) is 1. The van der Waals surface area contributed by atoms with Gasteiger partial charge in [-0.2, -0.15) is 0 Å². The van der Waals surface area contributed by atoms with Gasteiger partial charge in [-0.25, -0.2) is 13.2 Å². The highest BCUT2D eigenvalue weighted by Crippen LogP contribution is 2.23. The molecule has 1 rings (SSSR count). The molecule has 0 heterocycles. The van der Waals surface area contributed by atoms with Crippen LogP contribution in [0.2, 0.25) is 0 Å². The number of rotatable bonds is 7. The predicted octanol–water partition coefficient (Wildman–Crippen LogP) is 1.83. The lowest BCUT2D eigenvalue weighted by atomic mass is 10.1. The Morgan fingerprint density at radius 3 is 2.60 bits per heavy atom. The Hall–Kier alpha value is -2.16. The summed E-state index contributed by atoms with van der Waals surface area (Å²) in [6, 6.07) is 2.94. The molecule has 0 spiro atoms. The van der Waals surface area contributed by atoms with Crippen molar-refractivity contribution in [2.45, 2.75) is 19.8 Å². The predicted molar refractivity (Wildman–Crippen MR) is 72.4 cm³/mol. The van der Waals surface area contributed by atoms with Crippen LogP contribution in [0.1, 0.15) is 30.1 Å². The summed E-state index contributed by atoms with van der Waals surface area (Å²) >= 11 is 0.